The van der Waals surface area contributed by atoms with Gasteiger partial charge in [-0.3, -0.25) is 4.79 Å². The number of aliphatic hydroxyl groups excluding tert-OH is 1. The number of aliphatic hydroxyl groups is 1. The summed E-state index contributed by atoms with van der Waals surface area (Å²) in [5.41, 5.74) is 0. The summed E-state index contributed by atoms with van der Waals surface area (Å²) in [5, 5.41) is 15.3. The number of carbonyl (C=O) groups is 1. The fourth-order valence-corrected chi connectivity index (χ4v) is 0.880. The quantitative estimate of drug-likeness (QED) is 0.623. The van der Waals surface area contributed by atoms with Crippen molar-refractivity contribution in [1.29, 1.82) is 0 Å². The monoisotopic (exact) mass is 194 g/mol. The number of aliphatic carboxylic acids is 1. The van der Waals surface area contributed by atoms with Crippen molar-refractivity contribution < 1.29 is 20.5 Å². The van der Waals surface area contributed by atoms with Crippen LogP contribution in [0.25, 0.3) is 0 Å². The van der Waals surface area contributed by atoms with Crippen molar-refractivity contribution in [3.8, 4) is 0 Å². The highest BCUT2D eigenvalue weighted by Gasteiger charge is 1.94. The van der Waals surface area contributed by atoms with Gasteiger partial charge in [-0.2, -0.15) is 0 Å². The van der Waals surface area contributed by atoms with Gasteiger partial charge in [0.15, 0.2) is 0 Å². The largest absolute Gasteiger partial charge is 0.481 e. The first-order chi connectivity index (χ1) is 5.77. The zero-order valence-corrected chi connectivity index (χ0v) is 8.55. The highest BCUT2D eigenvalue weighted by atomic mass is 16.4. The lowest BCUT2D eigenvalue weighted by atomic mass is 10.1. The highest BCUT2D eigenvalue weighted by Crippen LogP contribution is 2.04. The summed E-state index contributed by atoms with van der Waals surface area (Å²) in [6.45, 7) is 2.15. The Bertz CT molecular complexity index is 93.6. The molecule has 0 bridgehead atoms. The number of rotatable bonds is 6. The lowest BCUT2D eigenvalue weighted by Crippen LogP contribution is -1.93. The Hall–Kier alpha value is -0.610. The molecule has 4 nitrogen and oxygen atoms in total. The Labute approximate surface area is 79.9 Å². The Morgan fingerprint density at radius 1 is 1.08 bits per heavy atom. The van der Waals surface area contributed by atoms with Gasteiger partial charge in [0.05, 0.1) is 0 Å². The SMILES string of the molecule is CCCCCCCC(=O)O.CO.O. The molecule has 0 amide bonds. The van der Waals surface area contributed by atoms with Crippen molar-refractivity contribution in [1.82, 2.24) is 0 Å². The van der Waals surface area contributed by atoms with Gasteiger partial charge in [-0.05, 0) is 6.42 Å². The van der Waals surface area contributed by atoms with Crippen LogP contribution in [0.5, 0.6) is 0 Å². The van der Waals surface area contributed by atoms with Crippen LogP contribution in [-0.4, -0.2) is 28.8 Å². The van der Waals surface area contributed by atoms with Crippen LogP contribution < -0.4 is 0 Å². The van der Waals surface area contributed by atoms with Gasteiger partial charge in [0.25, 0.3) is 0 Å². The first-order valence-corrected chi connectivity index (χ1v) is 4.44. The zero-order valence-electron chi connectivity index (χ0n) is 8.55. The lowest BCUT2D eigenvalue weighted by molar-refractivity contribution is -0.137. The zero-order chi connectivity index (χ0) is 9.82. The summed E-state index contributed by atoms with van der Waals surface area (Å²) in [6, 6.07) is 0. The van der Waals surface area contributed by atoms with Crippen molar-refractivity contribution in [3.63, 3.8) is 0 Å². The second kappa shape index (κ2) is 17.5. The van der Waals surface area contributed by atoms with Crippen molar-refractivity contribution in [2.24, 2.45) is 0 Å². The third kappa shape index (κ3) is 24.6. The van der Waals surface area contributed by atoms with E-state index in [0.29, 0.717) is 6.42 Å². The molecule has 4 N–H and O–H groups in total. The van der Waals surface area contributed by atoms with Gasteiger partial charge < -0.3 is 15.7 Å². The van der Waals surface area contributed by atoms with Crippen LogP contribution in [0.2, 0.25) is 0 Å². The Kier molecular flexibility index (Phi) is 24.5. The molecule has 0 aromatic carbocycles. The summed E-state index contributed by atoms with van der Waals surface area (Å²) in [7, 11) is 1.00. The van der Waals surface area contributed by atoms with E-state index in [1.807, 2.05) is 0 Å². The number of carboxylic acids is 1. The van der Waals surface area contributed by atoms with E-state index in [0.717, 1.165) is 20.0 Å². The molecule has 0 atom stereocenters. The fraction of sp³-hybridized carbons (Fsp3) is 0.889. The average Bonchev–Trinajstić information content (AvgIpc) is 2.07. The molecule has 0 aliphatic carbocycles. The van der Waals surface area contributed by atoms with Gasteiger partial charge in [0.2, 0.25) is 0 Å². The van der Waals surface area contributed by atoms with Gasteiger partial charge in [-0.25, -0.2) is 0 Å². The van der Waals surface area contributed by atoms with Crippen molar-refractivity contribution in [3.05, 3.63) is 0 Å². The van der Waals surface area contributed by atoms with E-state index < -0.39 is 5.97 Å². The first-order valence-electron chi connectivity index (χ1n) is 4.44. The lowest BCUT2D eigenvalue weighted by Gasteiger charge is -1.95. The van der Waals surface area contributed by atoms with Gasteiger partial charge in [-0.1, -0.05) is 32.6 Å². The van der Waals surface area contributed by atoms with Crippen molar-refractivity contribution in [2.45, 2.75) is 45.4 Å². The maximum Gasteiger partial charge on any atom is 0.303 e. The van der Waals surface area contributed by atoms with Crippen molar-refractivity contribution in [2.75, 3.05) is 7.11 Å². The van der Waals surface area contributed by atoms with Gasteiger partial charge >= 0.3 is 5.97 Å². The molecule has 13 heavy (non-hydrogen) atoms. The predicted octanol–water partition coefficient (Wildman–Crippen LogP) is 1.22. The second-order valence-electron chi connectivity index (χ2n) is 2.56. The van der Waals surface area contributed by atoms with E-state index in [1.165, 1.54) is 19.3 Å². The molecule has 0 heterocycles. The van der Waals surface area contributed by atoms with Crippen LogP contribution in [0.3, 0.4) is 0 Å². The van der Waals surface area contributed by atoms with Gasteiger partial charge in [-0.15, -0.1) is 0 Å². The third-order valence-electron chi connectivity index (χ3n) is 1.49. The summed E-state index contributed by atoms with van der Waals surface area (Å²) in [6.07, 6.45) is 5.88. The molecule has 0 saturated heterocycles. The molecular weight excluding hydrogens is 172 g/mol. The molecule has 0 aromatic heterocycles. The summed E-state index contributed by atoms with van der Waals surface area (Å²) in [5.74, 6) is -0.670. The molecule has 0 unspecified atom stereocenters. The number of carboxylic acid groups (broad SMARTS) is 1. The van der Waals surface area contributed by atoms with Crippen LogP contribution in [0.1, 0.15) is 45.4 Å². The molecule has 0 aliphatic heterocycles. The molecule has 0 fully saturated rings. The molecule has 0 radical (unpaired) electrons. The summed E-state index contributed by atoms with van der Waals surface area (Å²) in [4.78, 5) is 10.0. The van der Waals surface area contributed by atoms with Crippen LogP contribution in [0.4, 0.5) is 0 Å². The molecule has 0 aromatic rings. The van der Waals surface area contributed by atoms with E-state index >= 15 is 0 Å². The third-order valence-corrected chi connectivity index (χ3v) is 1.49. The fourth-order valence-electron chi connectivity index (χ4n) is 0.880. The number of hydrogen-bond acceptors (Lipinski definition) is 2. The molecule has 0 saturated carbocycles. The predicted molar refractivity (Wildman–Crippen MR) is 52.8 cm³/mol. The molecule has 4 heteroatoms. The minimum absolute atomic E-state index is 0. The maximum atomic E-state index is 10.0. The van der Waals surface area contributed by atoms with E-state index in [-0.39, 0.29) is 5.48 Å². The normalized spacial score (nSPS) is 7.92. The van der Waals surface area contributed by atoms with E-state index in [9.17, 15) is 4.79 Å². The van der Waals surface area contributed by atoms with E-state index in [1.54, 1.807) is 0 Å². The standard InChI is InChI=1S/C8H16O2.CH4O.H2O/c1-2-3-4-5-6-7-8(9)10;1-2;/h2-7H2,1H3,(H,9,10);2H,1H3;1H2. The van der Waals surface area contributed by atoms with Crippen LogP contribution in [0.15, 0.2) is 0 Å². The van der Waals surface area contributed by atoms with Crippen LogP contribution in [-0.2, 0) is 4.79 Å². The molecule has 0 rings (SSSR count). The number of hydrogen-bond donors (Lipinski definition) is 2. The van der Waals surface area contributed by atoms with Gasteiger partial charge in [0.1, 0.15) is 0 Å². The van der Waals surface area contributed by atoms with Gasteiger partial charge in [0, 0.05) is 13.5 Å². The smallest absolute Gasteiger partial charge is 0.303 e. The summed E-state index contributed by atoms with van der Waals surface area (Å²) < 4.78 is 0. The number of unbranched alkanes of at least 4 members (excludes halogenated alkanes) is 4. The molecule has 0 spiro atoms. The topological polar surface area (TPSA) is 89.0 Å². The Balaban J connectivity index is -0.000000309. The Morgan fingerprint density at radius 3 is 1.92 bits per heavy atom. The maximum absolute atomic E-state index is 10.0. The Morgan fingerprint density at radius 2 is 1.54 bits per heavy atom. The first kappa shape index (κ1) is 18.2. The highest BCUT2D eigenvalue weighted by molar-refractivity contribution is 5.66. The summed E-state index contributed by atoms with van der Waals surface area (Å²) >= 11 is 0. The molecule has 82 valence electrons. The minimum Gasteiger partial charge on any atom is -0.481 e. The molecule has 0 aliphatic rings. The van der Waals surface area contributed by atoms with Crippen LogP contribution >= 0.6 is 0 Å². The average molecular weight is 194 g/mol. The minimum atomic E-state index is -0.670. The van der Waals surface area contributed by atoms with Crippen molar-refractivity contribution >= 4 is 5.97 Å². The van der Waals surface area contributed by atoms with E-state index in [4.69, 9.17) is 10.2 Å². The van der Waals surface area contributed by atoms with Crippen LogP contribution in [0, 0.1) is 0 Å². The second-order valence-corrected chi connectivity index (χ2v) is 2.56. The molecular formula is C9H22O4. The van der Waals surface area contributed by atoms with E-state index in [2.05, 4.69) is 6.92 Å².